The lowest BCUT2D eigenvalue weighted by atomic mass is 10.1. The third-order valence-electron chi connectivity index (χ3n) is 4.06. The molecule has 1 saturated heterocycles. The number of ether oxygens (including phenoxy) is 1. The molecule has 0 saturated carbocycles. The third-order valence-corrected chi connectivity index (χ3v) is 4.06. The van der Waals surface area contributed by atoms with Gasteiger partial charge in [-0.1, -0.05) is 0 Å². The SMILES string of the molecule is COc1nc(CNC(=O)Nc2ccc(F)cc2F)nc(N2CCCCC2)n1. The molecule has 0 atom stereocenters. The van der Waals surface area contributed by atoms with Gasteiger partial charge in [0, 0.05) is 19.2 Å². The largest absolute Gasteiger partial charge is 0.467 e. The quantitative estimate of drug-likeness (QED) is 0.830. The maximum Gasteiger partial charge on any atom is 0.321 e. The number of carbonyl (C=O) groups excluding carboxylic acids is 1. The van der Waals surface area contributed by atoms with Gasteiger partial charge in [0.2, 0.25) is 5.95 Å². The number of hydrogen-bond acceptors (Lipinski definition) is 6. The fraction of sp³-hybridized carbons (Fsp3) is 0.412. The fourth-order valence-electron chi connectivity index (χ4n) is 2.71. The van der Waals surface area contributed by atoms with E-state index in [9.17, 15) is 13.6 Å². The second-order valence-corrected chi connectivity index (χ2v) is 6.02. The maximum atomic E-state index is 13.6. The number of nitrogens with zero attached hydrogens (tertiary/aromatic N) is 4. The molecule has 1 fully saturated rings. The van der Waals surface area contributed by atoms with Crippen LogP contribution in [0.2, 0.25) is 0 Å². The van der Waals surface area contributed by atoms with E-state index in [1.165, 1.54) is 13.5 Å². The molecule has 144 valence electrons. The summed E-state index contributed by atoms with van der Waals surface area (Å²) in [5.41, 5.74) is -0.129. The maximum absolute atomic E-state index is 13.6. The number of nitrogens with one attached hydrogen (secondary N) is 2. The van der Waals surface area contributed by atoms with E-state index in [1.807, 2.05) is 4.90 Å². The zero-order valence-electron chi connectivity index (χ0n) is 14.8. The van der Waals surface area contributed by atoms with E-state index in [0.29, 0.717) is 17.8 Å². The smallest absolute Gasteiger partial charge is 0.321 e. The van der Waals surface area contributed by atoms with Crippen molar-refractivity contribution in [1.82, 2.24) is 20.3 Å². The van der Waals surface area contributed by atoms with Gasteiger partial charge < -0.3 is 20.3 Å². The first-order valence-corrected chi connectivity index (χ1v) is 8.59. The van der Waals surface area contributed by atoms with E-state index in [0.717, 1.165) is 38.1 Å². The van der Waals surface area contributed by atoms with Crippen LogP contribution in [0.1, 0.15) is 25.1 Å². The Bertz CT molecular complexity index is 814. The predicted octanol–water partition coefficient (Wildman–Crippen LogP) is 2.47. The number of amides is 2. The van der Waals surface area contributed by atoms with Crippen molar-refractivity contribution in [2.24, 2.45) is 0 Å². The molecular weight excluding hydrogens is 358 g/mol. The molecule has 0 bridgehead atoms. The van der Waals surface area contributed by atoms with Crippen molar-refractivity contribution in [2.45, 2.75) is 25.8 Å². The lowest BCUT2D eigenvalue weighted by Gasteiger charge is -2.26. The predicted molar refractivity (Wildman–Crippen MR) is 94.7 cm³/mol. The zero-order valence-corrected chi connectivity index (χ0v) is 14.8. The molecule has 1 aromatic heterocycles. The summed E-state index contributed by atoms with van der Waals surface area (Å²) < 4.78 is 31.6. The topological polar surface area (TPSA) is 92.3 Å². The highest BCUT2D eigenvalue weighted by molar-refractivity contribution is 5.89. The molecule has 1 aliphatic heterocycles. The first-order chi connectivity index (χ1) is 13.0. The molecule has 2 aromatic rings. The van der Waals surface area contributed by atoms with Crippen LogP contribution in [0.4, 0.5) is 25.2 Å². The summed E-state index contributed by atoms with van der Waals surface area (Å²) in [6, 6.07) is 2.38. The molecular formula is C17H20F2N6O2. The molecule has 2 N–H and O–H groups in total. The normalized spacial score (nSPS) is 14.0. The van der Waals surface area contributed by atoms with Crippen LogP contribution in [-0.2, 0) is 6.54 Å². The summed E-state index contributed by atoms with van der Waals surface area (Å²) in [5.74, 6) is -0.763. The van der Waals surface area contributed by atoms with E-state index < -0.39 is 17.7 Å². The van der Waals surface area contributed by atoms with Gasteiger partial charge in [0.15, 0.2) is 5.82 Å². The Labute approximate surface area is 155 Å². The average molecular weight is 378 g/mol. The minimum atomic E-state index is -0.862. The number of rotatable bonds is 5. The minimum absolute atomic E-state index is 0.00559. The molecule has 2 heterocycles. The van der Waals surface area contributed by atoms with E-state index in [4.69, 9.17) is 4.74 Å². The van der Waals surface area contributed by atoms with Gasteiger partial charge in [-0.05, 0) is 31.4 Å². The molecule has 10 heteroatoms. The van der Waals surface area contributed by atoms with Gasteiger partial charge in [0.05, 0.1) is 19.3 Å². The monoisotopic (exact) mass is 378 g/mol. The molecule has 0 unspecified atom stereocenters. The van der Waals surface area contributed by atoms with Gasteiger partial charge in [0.25, 0.3) is 0 Å². The van der Waals surface area contributed by atoms with Gasteiger partial charge in [-0.15, -0.1) is 0 Å². The molecule has 0 radical (unpaired) electrons. The van der Waals surface area contributed by atoms with Crippen LogP contribution in [0.5, 0.6) is 6.01 Å². The molecule has 0 aliphatic carbocycles. The summed E-state index contributed by atoms with van der Waals surface area (Å²) in [5, 5.41) is 4.84. The second kappa shape index (κ2) is 8.56. The number of piperidine rings is 1. The minimum Gasteiger partial charge on any atom is -0.467 e. The highest BCUT2D eigenvalue weighted by atomic mass is 19.1. The Hall–Kier alpha value is -3.04. The van der Waals surface area contributed by atoms with Gasteiger partial charge in [-0.2, -0.15) is 15.0 Å². The van der Waals surface area contributed by atoms with Crippen LogP contribution in [0, 0.1) is 11.6 Å². The average Bonchev–Trinajstić information content (AvgIpc) is 2.69. The van der Waals surface area contributed by atoms with Crippen molar-refractivity contribution < 1.29 is 18.3 Å². The highest BCUT2D eigenvalue weighted by Crippen LogP contribution is 2.18. The number of hydrogen-bond donors (Lipinski definition) is 2. The van der Waals surface area contributed by atoms with E-state index in [2.05, 4.69) is 25.6 Å². The van der Waals surface area contributed by atoms with Crippen LogP contribution >= 0.6 is 0 Å². The van der Waals surface area contributed by atoms with Crippen molar-refractivity contribution in [3.05, 3.63) is 35.7 Å². The van der Waals surface area contributed by atoms with Crippen molar-refractivity contribution >= 4 is 17.7 Å². The summed E-state index contributed by atoms with van der Waals surface area (Å²) >= 11 is 0. The number of methoxy groups -OCH3 is 1. The number of urea groups is 1. The highest BCUT2D eigenvalue weighted by Gasteiger charge is 2.17. The molecule has 27 heavy (non-hydrogen) atoms. The molecule has 0 spiro atoms. The van der Waals surface area contributed by atoms with Crippen molar-refractivity contribution in [3.8, 4) is 6.01 Å². The Morgan fingerprint density at radius 1 is 1.19 bits per heavy atom. The Balaban J connectivity index is 1.64. The number of benzene rings is 1. The van der Waals surface area contributed by atoms with E-state index in [-0.39, 0.29) is 18.2 Å². The fourth-order valence-corrected chi connectivity index (χ4v) is 2.71. The van der Waals surface area contributed by atoms with Crippen LogP contribution in [-0.4, -0.2) is 41.2 Å². The lowest BCUT2D eigenvalue weighted by molar-refractivity contribution is 0.251. The first kappa shape index (κ1) is 18.7. The first-order valence-electron chi connectivity index (χ1n) is 8.59. The van der Waals surface area contributed by atoms with Gasteiger partial charge in [0.1, 0.15) is 11.6 Å². The van der Waals surface area contributed by atoms with Crippen LogP contribution in [0.3, 0.4) is 0 Å². The van der Waals surface area contributed by atoms with E-state index >= 15 is 0 Å². The van der Waals surface area contributed by atoms with Crippen LogP contribution < -0.4 is 20.3 Å². The van der Waals surface area contributed by atoms with Gasteiger partial charge in [-0.25, -0.2) is 13.6 Å². The molecule has 1 aliphatic rings. The molecule has 3 rings (SSSR count). The Kier molecular flexibility index (Phi) is 5.94. The Morgan fingerprint density at radius 3 is 2.67 bits per heavy atom. The molecule has 1 aromatic carbocycles. The van der Waals surface area contributed by atoms with Gasteiger partial charge >= 0.3 is 12.0 Å². The van der Waals surface area contributed by atoms with Crippen molar-refractivity contribution in [3.63, 3.8) is 0 Å². The summed E-state index contributed by atoms with van der Waals surface area (Å²) in [4.78, 5) is 26.8. The standard InChI is InChI=1S/C17H20F2N6O2/c1-27-17-23-14(22-15(24-17)25-7-3-2-4-8-25)10-20-16(26)21-13-6-5-11(18)9-12(13)19/h5-6,9H,2-4,7-8,10H2,1H3,(H2,20,21,26). The second-order valence-electron chi connectivity index (χ2n) is 6.02. The lowest BCUT2D eigenvalue weighted by Crippen LogP contribution is -2.33. The van der Waals surface area contributed by atoms with Crippen LogP contribution in [0.15, 0.2) is 18.2 Å². The zero-order chi connectivity index (χ0) is 19.2. The van der Waals surface area contributed by atoms with Gasteiger partial charge in [-0.3, -0.25) is 0 Å². The number of anilines is 2. The van der Waals surface area contributed by atoms with Crippen molar-refractivity contribution in [1.29, 1.82) is 0 Å². The number of aromatic nitrogens is 3. The number of halogens is 2. The molecule has 2 amide bonds. The summed E-state index contributed by atoms with van der Waals surface area (Å²) in [6.07, 6.45) is 3.30. The summed E-state index contributed by atoms with van der Waals surface area (Å²) in [6.45, 7) is 1.70. The van der Waals surface area contributed by atoms with Crippen LogP contribution in [0.25, 0.3) is 0 Å². The number of carbonyl (C=O) groups is 1. The summed E-state index contributed by atoms with van der Waals surface area (Å²) in [7, 11) is 1.45. The van der Waals surface area contributed by atoms with E-state index in [1.54, 1.807) is 0 Å². The van der Waals surface area contributed by atoms with Crippen molar-refractivity contribution in [2.75, 3.05) is 30.4 Å². The molecule has 8 nitrogen and oxygen atoms in total. The Morgan fingerprint density at radius 2 is 1.96 bits per heavy atom. The third kappa shape index (κ3) is 4.99.